The van der Waals surface area contributed by atoms with Gasteiger partial charge in [-0.3, -0.25) is 10.1 Å². The number of nitrogens with zero attached hydrogens (tertiary/aromatic N) is 1. The molecule has 1 atom stereocenters. The number of amides is 1. The number of hydrogen-bond acceptors (Lipinski definition) is 4. The van der Waals surface area contributed by atoms with E-state index in [0.717, 1.165) is 12.8 Å². The lowest BCUT2D eigenvalue weighted by atomic mass is 10.3. The summed E-state index contributed by atoms with van der Waals surface area (Å²) in [5, 5.41) is 5.53. The maximum Gasteiger partial charge on any atom is 0.244 e. The van der Waals surface area contributed by atoms with Crippen LogP contribution >= 0.6 is 11.3 Å². The zero-order valence-corrected chi connectivity index (χ0v) is 10.6. The molecule has 1 amide bonds. The Morgan fingerprint density at radius 3 is 3.06 bits per heavy atom. The third kappa shape index (κ3) is 1.78. The fourth-order valence-corrected chi connectivity index (χ4v) is 3.16. The SMILES string of the molecule is COCCN1C(=O)C2(CC2)NC1c1cccs1. The first-order chi connectivity index (χ1) is 8.27. The van der Waals surface area contributed by atoms with Gasteiger partial charge in [-0.2, -0.15) is 0 Å². The molecule has 1 saturated carbocycles. The molecule has 2 heterocycles. The number of hydrogen-bond donors (Lipinski definition) is 1. The summed E-state index contributed by atoms with van der Waals surface area (Å²) in [5.74, 6) is 0.243. The molecule has 0 bridgehead atoms. The molecule has 1 spiro atoms. The highest BCUT2D eigenvalue weighted by atomic mass is 32.1. The fourth-order valence-electron chi connectivity index (χ4n) is 2.37. The molecule has 1 unspecified atom stereocenters. The van der Waals surface area contributed by atoms with Crippen molar-refractivity contribution >= 4 is 17.2 Å². The van der Waals surface area contributed by atoms with Gasteiger partial charge < -0.3 is 9.64 Å². The van der Waals surface area contributed by atoms with E-state index < -0.39 is 0 Å². The van der Waals surface area contributed by atoms with Crippen molar-refractivity contribution in [3.8, 4) is 0 Å². The van der Waals surface area contributed by atoms with Gasteiger partial charge in [0.2, 0.25) is 5.91 Å². The lowest BCUT2D eigenvalue weighted by molar-refractivity contribution is -0.131. The van der Waals surface area contributed by atoms with Gasteiger partial charge in [-0.05, 0) is 24.3 Å². The maximum absolute atomic E-state index is 12.3. The molecule has 1 saturated heterocycles. The molecule has 0 radical (unpaired) electrons. The average Bonchev–Trinajstić information content (AvgIpc) is 2.82. The molecule has 1 aromatic rings. The topological polar surface area (TPSA) is 41.6 Å². The van der Waals surface area contributed by atoms with Gasteiger partial charge in [0.05, 0.1) is 6.61 Å². The molecule has 17 heavy (non-hydrogen) atoms. The van der Waals surface area contributed by atoms with Crippen molar-refractivity contribution in [2.24, 2.45) is 0 Å². The largest absolute Gasteiger partial charge is 0.383 e. The Hall–Kier alpha value is -0.910. The monoisotopic (exact) mass is 252 g/mol. The first-order valence-electron chi connectivity index (χ1n) is 5.88. The molecule has 1 N–H and O–H groups in total. The predicted octanol–water partition coefficient (Wildman–Crippen LogP) is 1.36. The second-order valence-corrected chi connectivity index (χ2v) is 5.62. The van der Waals surface area contributed by atoms with Crippen LogP contribution in [0.4, 0.5) is 0 Å². The number of nitrogens with one attached hydrogen (secondary N) is 1. The molecule has 2 aliphatic rings. The summed E-state index contributed by atoms with van der Waals surface area (Å²) >= 11 is 1.69. The minimum Gasteiger partial charge on any atom is -0.383 e. The Balaban J connectivity index is 1.83. The van der Waals surface area contributed by atoms with Crippen molar-refractivity contribution in [3.05, 3.63) is 22.4 Å². The number of ether oxygens (including phenoxy) is 1. The van der Waals surface area contributed by atoms with E-state index in [1.165, 1.54) is 4.88 Å². The molecule has 4 nitrogen and oxygen atoms in total. The summed E-state index contributed by atoms with van der Waals surface area (Å²) in [6.07, 6.45) is 1.98. The van der Waals surface area contributed by atoms with Gasteiger partial charge in [-0.1, -0.05) is 6.07 Å². The van der Waals surface area contributed by atoms with Crippen molar-refractivity contribution in [1.82, 2.24) is 10.2 Å². The summed E-state index contributed by atoms with van der Waals surface area (Å²) in [6.45, 7) is 1.25. The van der Waals surface area contributed by atoms with Crippen LogP contribution < -0.4 is 5.32 Å². The van der Waals surface area contributed by atoms with Crippen LogP contribution in [0.25, 0.3) is 0 Å². The van der Waals surface area contributed by atoms with Crippen molar-refractivity contribution in [2.45, 2.75) is 24.5 Å². The number of carbonyl (C=O) groups excluding carboxylic acids is 1. The Kier molecular flexibility index (Phi) is 2.69. The third-order valence-corrected chi connectivity index (χ3v) is 4.42. The standard InChI is InChI=1S/C12H16N2O2S/c1-16-7-6-14-10(9-3-2-8-17-9)13-12(4-5-12)11(14)15/h2-3,8,10,13H,4-7H2,1H3. The summed E-state index contributed by atoms with van der Waals surface area (Å²) in [4.78, 5) is 15.4. The normalized spacial score (nSPS) is 25.8. The molecule has 5 heteroatoms. The average molecular weight is 252 g/mol. The number of thiophene rings is 1. The molecule has 2 fully saturated rings. The molecule has 92 valence electrons. The first kappa shape index (κ1) is 11.2. The van der Waals surface area contributed by atoms with Crippen molar-refractivity contribution in [1.29, 1.82) is 0 Å². The van der Waals surface area contributed by atoms with Gasteiger partial charge in [0.1, 0.15) is 11.7 Å². The van der Waals surface area contributed by atoms with E-state index in [0.29, 0.717) is 13.2 Å². The smallest absolute Gasteiger partial charge is 0.244 e. The highest BCUT2D eigenvalue weighted by molar-refractivity contribution is 7.10. The van der Waals surface area contributed by atoms with Crippen LogP contribution in [0.2, 0.25) is 0 Å². The summed E-state index contributed by atoms with van der Waals surface area (Å²) in [6, 6.07) is 4.11. The van der Waals surface area contributed by atoms with E-state index in [4.69, 9.17) is 4.74 Å². The van der Waals surface area contributed by atoms with E-state index in [-0.39, 0.29) is 17.6 Å². The Morgan fingerprint density at radius 2 is 2.47 bits per heavy atom. The summed E-state index contributed by atoms with van der Waals surface area (Å²) in [5.41, 5.74) is -0.248. The van der Waals surface area contributed by atoms with Gasteiger partial charge in [0, 0.05) is 18.5 Å². The maximum atomic E-state index is 12.3. The van der Waals surface area contributed by atoms with E-state index in [9.17, 15) is 4.79 Å². The van der Waals surface area contributed by atoms with Gasteiger partial charge in [-0.25, -0.2) is 0 Å². The fraction of sp³-hybridized carbons (Fsp3) is 0.583. The van der Waals surface area contributed by atoms with E-state index in [1.54, 1.807) is 18.4 Å². The van der Waals surface area contributed by atoms with Crippen LogP contribution in [0.5, 0.6) is 0 Å². The third-order valence-electron chi connectivity index (χ3n) is 3.49. The van der Waals surface area contributed by atoms with Crippen LogP contribution in [0.3, 0.4) is 0 Å². The lowest BCUT2D eigenvalue weighted by Crippen LogP contribution is -2.34. The van der Waals surface area contributed by atoms with Crippen LogP contribution in [-0.4, -0.2) is 36.6 Å². The zero-order chi connectivity index (χ0) is 11.9. The number of methoxy groups -OCH3 is 1. The molecule has 0 aromatic carbocycles. The summed E-state index contributed by atoms with van der Waals surface area (Å²) < 4.78 is 5.09. The molecular weight excluding hydrogens is 236 g/mol. The highest BCUT2D eigenvalue weighted by Crippen LogP contribution is 2.46. The molecule has 1 aliphatic heterocycles. The van der Waals surface area contributed by atoms with Crippen LogP contribution in [-0.2, 0) is 9.53 Å². The Labute approximate surface area is 105 Å². The molecule has 3 rings (SSSR count). The number of carbonyl (C=O) groups is 1. The minimum atomic E-state index is -0.248. The van der Waals surface area contributed by atoms with Crippen LogP contribution in [0.1, 0.15) is 23.9 Å². The Bertz CT molecular complexity index is 414. The van der Waals surface area contributed by atoms with Crippen LogP contribution in [0, 0.1) is 0 Å². The van der Waals surface area contributed by atoms with E-state index in [1.807, 2.05) is 16.3 Å². The molecule has 1 aromatic heterocycles. The van der Waals surface area contributed by atoms with Crippen molar-refractivity contribution in [3.63, 3.8) is 0 Å². The molecular formula is C12H16N2O2S. The summed E-state index contributed by atoms with van der Waals surface area (Å²) in [7, 11) is 1.67. The second kappa shape index (κ2) is 4.08. The minimum absolute atomic E-state index is 0.0418. The first-order valence-corrected chi connectivity index (χ1v) is 6.76. The van der Waals surface area contributed by atoms with Gasteiger partial charge in [-0.15, -0.1) is 11.3 Å². The quantitative estimate of drug-likeness (QED) is 0.879. The van der Waals surface area contributed by atoms with Crippen molar-refractivity contribution in [2.75, 3.05) is 20.3 Å². The molecule has 1 aliphatic carbocycles. The highest BCUT2D eigenvalue weighted by Gasteiger charge is 2.59. The number of rotatable bonds is 4. The predicted molar refractivity (Wildman–Crippen MR) is 65.7 cm³/mol. The van der Waals surface area contributed by atoms with E-state index in [2.05, 4.69) is 11.4 Å². The second-order valence-electron chi connectivity index (χ2n) is 4.64. The lowest BCUT2D eigenvalue weighted by Gasteiger charge is -2.22. The zero-order valence-electron chi connectivity index (χ0n) is 9.81. The van der Waals surface area contributed by atoms with Crippen LogP contribution in [0.15, 0.2) is 17.5 Å². The Morgan fingerprint density at radius 1 is 1.65 bits per heavy atom. The van der Waals surface area contributed by atoms with Gasteiger partial charge in [0.25, 0.3) is 0 Å². The van der Waals surface area contributed by atoms with Gasteiger partial charge in [0.15, 0.2) is 0 Å². The van der Waals surface area contributed by atoms with Gasteiger partial charge >= 0.3 is 0 Å². The van der Waals surface area contributed by atoms with E-state index >= 15 is 0 Å². The van der Waals surface area contributed by atoms with Crippen molar-refractivity contribution < 1.29 is 9.53 Å².